The Balaban J connectivity index is 1.74. The van der Waals surface area contributed by atoms with Gasteiger partial charge >= 0.3 is 6.03 Å². The molecule has 6 heteroatoms. The summed E-state index contributed by atoms with van der Waals surface area (Å²) in [5, 5.41) is 5.54. The van der Waals surface area contributed by atoms with E-state index in [9.17, 15) is 14.4 Å². The van der Waals surface area contributed by atoms with Crippen molar-refractivity contribution in [3.63, 3.8) is 0 Å². The summed E-state index contributed by atoms with van der Waals surface area (Å²) in [5.74, 6) is -0.841. The third-order valence-corrected chi connectivity index (χ3v) is 5.31. The maximum atomic E-state index is 13.0. The number of nitrogens with zero attached hydrogens (tertiary/aromatic N) is 1. The first-order valence-electron chi connectivity index (χ1n) is 9.85. The summed E-state index contributed by atoms with van der Waals surface area (Å²) in [6.45, 7) is 7.27. The number of anilines is 1. The summed E-state index contributed by atoms with van der Waals surface area (Å²) in [6.07, 6.45) is 2.00. The minimum absolute atomic E-state index is 0.332. The smallest absolute Gasteiger partial charge is 0.324 e. The highest BCUT2D eigenvalue weighted by molar-refractivity contribution is 6.10. The van der Waals surface area contributed by atoms with E-state index in [1.807, 2.05) is 56.3 Å². The van der Waals surface area contributed by atoms with Gasteiger partial charge in [0.2, 0.25) is 5.91 Å². The molecule has 0 bridgehead atoms. The van der Waals surface area contributed by atoms with Crippen molar-refractivity contribution in [2.24, 2.45) is 0 Å². The molecule has 2 N–H and O–H groups in total. The van der Waals surface area contributed by atoms with Gasteiger partial charge in [-0.15, -0.1) is 0 Å². The number of urea groups is 1. The van der Waals surface area contributed by atoms with Crippen LogP contribution in [0.15, 0.2) is 42.5 Å². The van der Waals surface area contributed by atoms with E-state index in [0.29, 0.717) is 11.3 Å². The van der Waals surface area contributed by atoms with Gasteiger partial charge in [-0.25, -0.2) is 4.79 Å². The maximum absolute atomic E-state index is 13.0. The van der Waals surface area contributed by atoms with E-state index in [1.54, 1.807) is 6.92 Å². The second-order valence-corrected chi connectivity index (χ2v) is 7.76. The fourth-order valence-corrected chi connectivity index (χ4v) is 3.53. The molecule has 2 aromatic rings. The molecule has 1 aliphatic rings. The zero-order valence-electron chi connectivity index (χ0n) is 17.3. The Morgan fingerprint density at radius 1 is 1.10 bits per heavy atom. The summed E-state index contributed by atoms with van der Waals surface area (Å²) >= 11 is 0. The van der Waals surface area contributed by atoms with Crippen molar-refractivity contribution >= 4 is 23.5 Å². The second kappa shape index (κ2) is 8.07. The monoisotopic (exact) mass is 393 g/mol. The molecule has 0 saturated carbocycles. The Morgan fingerprint density at radius 2 is 1.79 bits per heavy atom. The number of hydrogen-bond donors (Lipinski definition) is 2. The van der Waals surface area contributed by atoms with Gasteiger partial charge in [0, 0.05) is 5.69 Å². The number of hydrogen-bond acceptors (Lipinski definition) is 3. The average Bonchev–Trinajstić information content (AvgIpc) is 2.89. The molecule has 29 heavy (non-hydrogen) atoms. The van der Waals surface area contributed by atoms with Crippen molar-refractivity contribution in [1.82, 2.24) is 10.2 Å². The van der Waals surface area contributed by atoms with E-state index >= 15 is 0 Å². The zero-order chi connectivity index (χ0) is 21.2. The van der Waals surface area contributed by atoms with E-state index in [-0.39, 0.29) is 6.54 Å². The van der Waals surface area contributed by atoms with Gasteiger partial charge in [0.05, 0.1) is 0 Å². The lowest BCUT2D eigenvalue weighted by atomic mass is 9.91. The molecule has 1 fully saturated rings. The molecule has 0 radical (unpaired) electrons. The zero-order valence-corrected chi connectivity index (χ0v) is 17.3. The number of imide groups is 1. The molecule has 1 saturated heterocycles. The summed E-state index contributed by atoms with van der Waals surface area (Å²) in [4.78, 5) is 39.0. The van der Waals surface area contributed by atoms with E-state index in [0.717, 1.165) is 28.9 Å². The van der Waals surface area contributed by atoms with Gasteiger partial charge in [0.25, 0.3) is 5.91 Å². The van der Waals surface area contributed by atoms with E-state index in [4.69, 9.17) is 0 Å². The average molecular weight is 393 g/mol. The molecule has 0 unspecified atom stereocenters. The number of carbonyl (C=O) groups is 3. The van der Waals surface area contributed by atoms with Crippen molar-refractivity contribution < 1.29 is 14.4 Å². The van der Waals surface area contributed by atoms with Crippen molar-refractivity contribution in [2.75, 3.05) is 11.9 Å². The van der Waals surface area contributed by atoms with Crippen LogP contribution in [0.1, 0.15) is 42.5 Å². The molecule has 6 nitrogen and oxygen atoms in total. The van der Waals surface area contributed by atoms with Gasteiger partial charge in [-0.1, -0.05) is 49.7 Å². The summed E-state index contributed by atoms with van der Waals surface area (Å²) in [5.41, 5.74) is 3.31. The number of carbonyl (C=O) groups excluding carboxylic acids is 3. The van der Waals surface area contributed by atoms with Crippen LogP contribution in [0.4, 0.5) is 10.5 Å². The number of rotatable bonds is 6. The van der Waals surface area contributed by atoms with E-state index < -0.39 is 23.4 Å². The Kier molecular flexibility index (Phi) is 5.73. The highest BCUT2D eigenvalue weighted by atomic mass is 16.2. The van der Waals surface area contributed by atoms with Crippen LogP contribution in [0.25, 0.3) is 0 Å². The molecule has 4 amide bonds. The van der Waals surface area contributed by atoms with Crippen molar-refractivity contribution in [3.8, 4) is 0 Å². The molecule has 0 aliphatic carbocycles. The minimum Gasteiger partial charge on any atom is -0.324 e. The number of aryl methyl sites for hydroxylation is 3. The SMILES string of the molecule is CCCc1ccc([C@@]2(C)NC(=O)N(CC(=O)Nc3cc(C)ccc3C)C2=O)cc1. The first-order valence-corrected chi connectivity index (χ1v) is 9.85. The van der Waals surface area contributed by atoms with Crippen molar-refractivity contribution in [3.05, 3.63) is 64.7 Å². The van der Waals surface area contributed by atoms with Crippen LogP contribution in [-0.4, -0.2) is 29.3 Å². The molecule has 152 valence electrons. The molecule has 1 aliphatic heterocycles. The van der Waals surface area contributed by atoms with Gasteiger partial charge in [0.15, 0.2) is 0 Å². The fraction of sp³-hybridized carbons (Fsp3) is 0.348. The van der Waals surface area contributed by atoms with Crippen molar-refractivity contribution in [1.29, 1.82) is 0 Å². The predicted molar refractivity (Wildman–Crippen MR) is 113 cm³/mol. The first-order chi connectivity index (χ1) is 13.7. The summed E-state index contributed by atoms with van der Waals surface area (Å²) < 4.78 is 0. The maximum Gasteiger partial charge on any atom is 0.325 e. The molecule has 0 aromatic heterocycles. The molecular formula is C23H27N3O3. The second-order valence-electron chi connectivity index (χ2n) is 7.76. The van der Waals surface area contributed by atoms with Crippen LogP contribution in [-0.2, 0) is 21.5 Å². The van der Waals surface area contributed by atoms with Crippen LogP contribution in [0.5, 0.6) is 0 Å². The Morgan fingerprint density at radius 3 is 2.45 bits per heavy atom. The van der Waals surface area contributed by atoms with Crippen LogP contribution < -0.4 is 10.6 Å². The Hall–Kier alpha value is -3.15. The lowest BCUT2D eigenvalue weighted by Crippen LogP contribution is -2.42. The van der Waals surface area contributed by atoms with Crippen LogP contribution in [0.2, 0.25) is 0 Å². The first kappa shape index (κ1) is 20.6. The number of benzene rings is 2. The number of amides is 4. The van der Waals surface area contributed by atoms with Gasteiger partial charge in [-0.3, -0.25) is 14.5 Å². The summed E-state index contributed by atoms with van der Waals surface area (Å²) in [6, 6.07) is 12.8. The molecular weight excluding hydrogens is 366 g/mol. The van der Waals surface area contributed by atoms with E-state index in [2.05, 4.69) is 17.6 Å². The normalized spacial score (nSPS) is 18.7. The van der Waals surface area contributed by atoms with E-state index in [1.165, 1.54) is 5.56 Å². The topological polar surface area (TPSA) is 78.5 Å². The third kappa shape index (κ3) is 4.16. The lowest BCUT2D eigenvalue weighted by molar-refractivity contribution is -0.133. The lowest BCUT2D eigenvalue weighted by Gasteiger charge is -2.22. The van der Waals surface area contributed by atoms with Crippen LogP contribution in [0, 0.1) is 13.8 Å². The summed E-state index contributed by atoms with van der Waals surface area (Å²) in [7, 11) is 0. The van der Waals surface area contributed by atoms with Crippen LogP contribution >= 0.6 is 0 Å². The molecule has 1 heterocycles. The quantitative estimate of drug-likeness (QED) is 0.735. The van der Waals surface area contributed by atoms with Crippen LogP contribution in [0.3, 0.4) is 0 Å². The van der Waals surface area contributed by atoms with Gasteiger partial charge in [-0.2, -0.15) is 0 Å². The van der Waals surface area contributed by atoms with Gasteiger partial charge in [-0.05, 0) is 55.5 Å². The molecule has 1 atom stereocenters. The standard InChI is InChI=1S/C23H27N3O3/c1-5-6-17-9-11-18(12-10-17)23(4)21(28)26(22(29)25-23)14-20(27)24-19-13-15(2)7-8-16(19)3/h7-13H,5-6,14H2,1-4H3,(H,24,27)(H,25,29)/t23-/m1/s1. The molecule has 2 aromatic carbocycles. The minimum atomic E-state index is -1.18. The fourth-order valence-electron chi connectivity index (χ4n) is 3.53. The van der Waals surface area contributed by atoms with Gasteiger partial charge in [0.1, 0.15) is 12.1 Å². The third-order valence-electron chi connectivity index (χ3n) is 5.31. The molecule has 0 spiro atoms. The van der Waals surface area contributed by atoms with Crippen molar-refractivity contribution in [2.45, 2.75) is 46.1 Å². The Bertz CT molecular complexity index is 952. The number of nitrogens with one attached hydrogen (secondary N) is 2. The Labute approximate surface area is 171 Å². The highest BCUT2D eigenvalue weighted by Gasteiger charge is 2.49. The molecule has 3 rings (SSSR count). The van der Waals surface area contributed by atoms with Gasteiger partial charge < -0.3 is 10.6 Å². The highest BCUT2D eigenvalue weighted by Crippen LogP contribution is 2.29. The largest absolute Gasteiger partial charge is 0.325 e. The predicted octanol–water partition coefficient (Wildman–Crippen LogP) is 3.66.